The van der Waals surface area contributed by atoms with E-state index in [0.29, 0.717) is 15.8 Å². The Kier molecular flexibility index (Phi) is 4.93. The average Bonchev–Trinajstić information content (AvgIpc) is 2.72. The van der Waals surface area contributed by atoms with Gasteiger partial charge in [-0.05, 0) is 31.9 Å². The van der Waals surface area contributed by atoms with Crippen molar-refractivity contribution in [2.45, 2.75) is 43.1 Å². The monoisotopic (exact) mass is 338 g/mol. The summed E-state index contributed by atoms with van der Waals surface area (Å²) in [6, 6.07) is 5.36. The Morgan fingerprint density at radius 1 is 1.32 bits per heavy atom. The molecule has 0 saturated carbocycles. The molecule has 1 aromatic carbocycles. The van der Waals surface area contributed by atoms with Crippen molar-refractivity contribution in [1.29, 1.82) is 0 Å². The highest BCUT2D eigenvalue weighted by Gasteiger charge is 2.24. The Bertz CT molecular complexity index is 665. The summed E-state index contributed by atoms with van der Waals surface area (Å²) in [5.41, 5.74) is 1.42. The topological polar surface area (TPSA) is 46.3 Å². The normalized spacial score (nSPS) is 17.5. The largest absolute Gasteiger partial charge is 0.431 e. The van der Waals surface area contributed by atoms with E-state index < -0.39 is 0 Å². The number of hydrogen-bond donors (Lipinski definition) is 0. The van der Waals surface area contributed by atoms with E-state index in [9.17, 15) is 4.79 Å². The van der Waals surface area contributed by atoms with Gasteiger partial charge in [0.25, 0.3) is 5.22 Å². The van der Waals surface area contributed by atoms with Crippen LogP contribution in [-0.2, 0) is 4.79 Å². The molecule has 0 unspecified atom stereocenters. The van der Waals surface area contributed by atoms with Crippen molar-refractivity contribution in [2.75, 3.05) is 13.1 Å². The maximum Gasteiger partial charge on any atom is 0.257 e. The van der Waals surface area contributed by atoms with E-state index in [4.69, 9.17) is 16.0 Å². The first kappa shape index (κ1) is 15.7. The number of carbonyl (C=O) groups excluding carboxylic acids is 1. The summed E-state index contributed by atoms with van der Waals surface area (Å²) < 4.78 is 5.68. The lowest BCUT2D eigenvalue weighted by Gasteiger charge is -2.23. The molecule has 0 bridgehead atoms. The number of rotatable bonds is 3. The van der Waals surface area contributed by atoms with Crippen molar-refractivity contribution in [3.05, 3.63) is 23.2 Å². The third kappa shape index (κ3) is 3.58. The van der Waals surface area contributed by atoms with E-state index in [0.717, 1.165) is 31.4 Å². The quantitative estimate of drug-likeness (QED) is 0.780. The first-order valence-corrected chi connectivity index (χ1v) is 8.91. The lowest BCUT2D eigenvalue weighted by atomic mass is 10.2. The molecule has 1 aliphatic heterocycles. The summed E-state index contributed by atoms with van der Waals surface area (Å²) in [5.74, 6) is 0.173. The molecular formula is C16H19ClN2O2S. The molecule has 1 fully saturated rings. The van der Waals surface area contributed by atoms with E-state index in [1.54, 1.807) is 12.1 Å². The predicted molar refractivity (Wildman–Crippen MR) is 89.4 cm³/mol. The van der Waals surface area contributed by atoms with Crippen LogP contribution in [0.15, 0.2) is 27.8 Å². The van der Waals surface area contributed by atoms with Gasteiger partial charge in [-0.25, -0.2) is 4.98 Å². The van der Waals surface area contributed by atoms with E-state index in [1.807, 2.05) is 17.9 Å². The van der Waals surface area contributed by atoms with Gasteiger partial charge in [-0.3, -0.25) is 4.79 Å². The van der Waals surface area contributed by atoms with Gasteiger partial charge >= 0.3 is 0 Å². The van der Waals surface area contributed by atoms with E-state index in [-0.39, 0.29) is 11.2 Å². The van der Waals surface area contributed by atoms with Crippen LogP contribution in [0.4, 0.5) is 0 Å². The molecule has 1 aliphatic rings. The molecule has 3 rings (SSSR count). The third-order valence-corrected chi connectivity index (χ3v) is 5.04. The summed E-state index contributed by atoms with van der Waals surface area (Å²) in [6.07, 6.45) is 4.64. The number of hydrogen-bond acceptors (Lipinski definition) is 4. The van der Waals surface area contributed by atoms with Gasteiger partial charge in [-0.2, -0.15) is 0 Å². The zero-order valence-corrected chi connectivity index (χ0v) is 14.1. The van der Waals surface area contributed by atoms with Gasteiger partial charge in [0.15, 0.2) is 5.58 Å². The molecule has 2 heterocycles. The SMILES string of the molecule is C[C@@H](Sc1nc2ccc(Cl)cc2o1)C(=O)N1CCCCCC1. The van der Waals surface area contributed by atoms with Gasteiger partial charge < -0.3 is 9.32 Å². The summed E-state index contributed by atoms with van der Waals surface area (Å²) >= 11 is 7.32. The molecule has 1 aromatic heterocycles. The first-order chi connectivity index (χ1) is 10.6. The van der Waals surface area contributed by atoms with Crippen LogP contribution in [0.5, 0.6) is 0 Å². The number of carbonyl (C=O) groups is 1. The predicted octanol–water partition coefficient (Wildman–Crippen LogP) is 4.36. The van der Waals surface area contributed by atoms with Crippen LogP contribution in [0.3, 0.4) is 0 Å². The number of halogens is 1. The molecule has 6 heteroatoms. The number of amides is 1. The van der Waals surface area contributed by atoms with E-state index in [2.05, 4.69) is 4.98 Å². The molecule has 1 saturated heterocycles. The van der Waals surface area contributed by atoms with Gasteiger partial charge in [0.1, 0.15) is 5.52 Å². The number of aromatic nitrogens is 1. The van der Waals surface area contributed by atoms with Crippen LogP contribution in [-0.4, -0.2) is 34.1 Å². The fourth-order valence-electron chi connectivity index (χ4n) is 2.68. The number of nitrogens with zero attached hydrogens (tertiary/aromatic N) is 2. The number of thioether (sulfide) groups is 1. The Morgan fingerprint density at radius 2 is 2.05 bits per heavy atom. The maximum absolute atomic E-state index is 12.5. The van der Waals surface area contributed by atoms with Crippen LogP contribution in [0.25, 0.3) is 11.1 Å². The second kappa shape index (κ2) is 6.92. The molecule has 118 valence electrons. The van der Waals surface area contributed by atoms with Crippen LogP contribution in [0.2, 0.25) is 5.02 Å². The number of fused-ring (bicyclic) bond motifs is 1. The van der Waals surface area contributed by atoms with Crippen LogP contribution < -0.4 is 0 Å². The zero-order chi connectivity index (χ0) is 15.5. The van der Waals surface area contributed by atoms with Gasteiger partial charge in [0.05, 0.1) is 5.25 Å². The average molecular weight is 339 g/mol. The molecule has 0 N–H and O–H groups in total. The Balaban J connectivity index is 1.68. The number of oxazole rings is 1. The van der Waals surface area contributed by atoms with Gasteiger partial charge in [0.2, 0.25) is 5.91 Å². The van der Waals surface area contributed by atoms with Gasteiger partial charge in [0, 0.05) is 24.2 Å². The highest BCUT2D eigenvalue weighted by molar-refractivity contribution is 8.00. The minimum Gasteiger partial charge on any atom is -0.431 e. The minimum atomic E-state index is -0.193. The fourth-order valence-corrected chi connectivity index (χ4v) is 3.68. The van der Waals surface area contributed by atoms with E-state index >= 15 is 0 Å². The van der Waals surface area contributed by atoms with Gasteiger partial charge in [-0.1, -0.05) is 36.2 Å². The molecule has 22 heavy (non-hydrogen) atoms. The Hall–Kier alpha value is -1.20. The van der Waals surface area contributed by atoms with E-state index in [1.165, 1.54) is 24.6 Å². The zero-order valence-electron chi connectivity index (χ0n) is 12.5. The van der Waals surface area contributed by atoms with Crippen molar-refractivity contribution < 1.29 is 9.21 Å². The molecular weight excluding hydrogens is 320 g/mol. The minimum absolute atomic E-state index is 0.173. The summed E-state index contributed by atoms with van der Waals surface area (Å²) in [6.45, 7) is 3.65. The van der Waals surface area contributed by atoms with Crippen LogP contribution >= 0.6 is 23.4 Å². The number of likely N-dealkylation sites (tertiary alicyclic amines) is 1. The molecule has 0 radical (unpaired) electrons. The van der Waals surface area contributed by atoms with Crippen molar-refractivity contribution in [2.24, 2.45) is 0 Å². The molecule has 1 amide bonds. The second-order valence-electron chi connectivity index (χ2n) is 5.59. The highest BCUT2D eigenvalue weighted by atomic mass is 35.5. The Labute approximate surface area is 139 Å². The van der Waals surface area contributed by atoms with Crippen molar-refractivity contribution >= 4 is 40.4 Å². The second-order valence-corrected chi connectivity index (χ2v) is 7.32. The molecule has 2 aromatic rings. The van der Waals surface area contributed by atoms with Gasteiger partial charge in [-0.15, -0.1) is 0 Å². The van der Waals surface area contributed by atoms with Crippen LogP contribution in [0.1, 0.15) is 32.6 Å². The summed E-state index contributed by atoms with van der Waals surface area (Å²) in [4.78, 5) is 18.9. The number of benzene rings is 1. The molecule has 0 spiro atoms. The Morgan fingerprint density at radius 3 is 2.77 bits per heavy atom. The molecule has 1 atom stereocenters. The maximum atomic E-state index is 12.5. The lowest BCUT2D eigenvalue weighted by Crippen LogP contribution is -2.37. The van der Waals surface area contributed by atoms with Crippen LogP contribution in [0, 0.1) is 0 Å². The first-order valence-electron chi connectivity index (χ1n) is 7.65. The smallest absolute Gasteiger partial charge is 0.257 e. The van der Waals surface area contributed by atoms with Crippen molar-refractivity contribution in [3.8, 4) is 0 Å². The third-order valence-electron chi connectivity index (χ3n) is 3.87. The molecule has 0 aliphatic carbocycles. The molecule has 4 nitrogen and oxygen atoms in total. The van der Waals surface area contributed by atoms with Crippen molar-refractivity contribution in [1.82, 2.24) is 9.88 Å². The summed E-state index contributed by atoms with van der Waals surface area (Å²) in [5, 5.41) is 0.948. The summed E-state index contributed by atoms with van der Waals surface area (Å²) in [7, 11) is 0. The lowest BCUT2D eigenvalue weighted by molar-refractivity contribution is -0.130. The highest BCUT2D eigenvalue weighted by Crippen LogP contribution is 2.29. The fraction of sp³-hybridized carbons (Fsp3) is 0.500. The standard InChI is InChI=1S/C16H19ClN2O2S/c1-11(15(20)19-8-4-2-3-5-9-19)22-16-18-13-7-6-12(17)10-14(13)21-16/h6-7,10-11H,2-5,8-9H2,1H3/t11-/m1/s1. The van der Waals surface area contributed by atoms with Crippen molar-refractivity contribution in [3.63, 3.8) is 0 Å².